The van der Waals surface area contributed by atoms with Gasteiger partial charge in [-0.2, -0.15) is 0 Å². The topological polar surface area (TPSA) is 57.6 Å². The van der Waals surface area contributed by atoms with E-state index in [1.165, 1.54) is 11.0 Å². The number of nitrogens with zero attached hydrogens (tertiary/aromatic N) is 1. The number of halogens is 2. The summed E-state index contributed by atoms with van der Waals surface area (Å²) in [5.74, 6) is -1.55. The molecule has 2 rings (SSSR count). The molecule has 0 atom stereocenters. The molecule has 1 saturated heterocycles. The molecule has 1 amide bonds. The maximum absolute atomic E-state index is 11.7. The Balaban J connectivity index is 1.98. The van der Waals surface area contributed by atoms with Gasteiger partial charge in [-0.3, -0.25) is 9.59 Å². The highest BCUT2D eigenvalue weighted by Gasteiger charge is 2.34. The summed E-state index contributed by atoms with van der Waals surface area (Å²) in [4.78, 5) is 23.8. The number of benzene rings is 1. The molecule has 100 valence electrons. The molecule has 1 fully saturated rings. The van der Waals surface area contributed by atoms with E-state index in [4.69, 9.17) is 28.3 Å². The minimum atomic E-state index is -0.870. The van der Waals surface area contributed by atoms with E-state index in [-0.39, 0.29) is 19.0 Å². The van der Waals surface area contributed by atoms with Crippen molar-refractivity contribution in [2.24, 2.45) is 5.92 Å². The maximum Gasteiger partial charge on any atom is 0.310 e. The van der Waals surface area contributed by atoms with Crippen LogP contribution in [0, 0.1) is 5.92 Å². The molecule has 4 nitrogen and oxygen atoms in total. The Bertz CT molecular complexity index is 551. The second kappa shape index (κ2) is 5.63. The van der Waals surface area contributed by atoms with E-state index >= 15 is 0 Å². The van der Waals surface area contributed by atoms with Crippen molar-refractivity contribution in [3.63, 3.8) is 0 Å². The molecule has 1 aliphatic rings. The van der Waals surface area contributed by atoms with Gasteiger partial charge in [-0.15, -0.1) is 0 Å². The van der Waals surface area contributed by atoms with Gasteiger partial charge in [-0.25, -0.2) is 0 Å². The fourth-order valence-electron chi connectivity index (χ4n) is 1.72. The number of carbonyl (C=O) groups is 2. The second-order valence-corrected chi connectivity index (χ2v) is 5.12. The first kappa shape index (κ1) is 13.9. The Morgan fingerprint density at radius 3 is 2.63 bits per heavy atom. The van der Waals surface area contributed by atoms with Crippen molar-refractivity contribution in [1.82, 2.24) is 4.90 Å². The lowest BCUT2D eigenvalue weighted by Crippen LogP contribution is -2.52. The first-order valence-electron chi connectivity index (χ1n) is 5.62. The van der Waals surface area contributed by atoms with Crippen LogP contribution in [-0.4, -0.2) is 35.0 Å². The number of likely N-dealkylation sites (tertiary alicyclic amines) is 1. The summed E-state index contributed by atoms with van der Waals surface area (Å²) in [6.07, 6.45) is 2.94. The van der Waals surface area contributed by atoms with E-state index in [1.54, 1.807) is 24.3 Å². The molecule has 19 heavy (non-hydrogen) atoms. The van der Waals surface area contributed by atoms with Crippen LogP contribution in [0.5, 0.6) is 0 Å². The molecule has 1 aromatic rings. The van der Waals surface area contributed by atoms with Crippen LogP contribution >= 0.6 is 23.2 Å². The second-order valence-electron chi connectivity index (χ2n) is 4.28. The van der Waals surface area contributed by atoms with Crippen molar-refractivity contribution >= 4 is 41.2 Å². The average molecular weight is 300 g/mol. The minimum absolute atomic E-state index is 0.228. The number of rotatable bonds is 3. The Morgan fingerprint density at radius 1 is 1.32 bits per heavy atom. The standard InChI is InChI=1S/C13H11Cl2NO3/c14-10-2-3-11(15)8(5-10)1-4-12(17)16-6-9(7-16)13(18)19/h1-5,9H,6-7H2,(H,18,19). The molecular formula is C13H11Cl2NO3. The normalized spacial score (nSPS) is 15.6. The van der Waals surface area contributed by atoms with Gasteiger partial charge in [-0.1, -0.05) is 23.2 Å². The van der Waals surface area contributed by atoms with Crippen LogP contribution in [0.25, 0.3) is 6.08 Å². The molecule has 0 saturated carbocycles. The van der Waals surface area contributed by atoms with Crippen molar-refractivity contribution in [2.75, 3.05) is 13.1 Å². The molecule has 0 aromatic heterocycles. The van der Waals surface area contributed by atoms with Crippen LogP contribution in [0.3, 0.4) is 0 Å². The largest absolute Gasteiger partial charge is 0.481 e. The van der Waals surface area contributed by atoms with E-state index in [9.17, 15) is 9.59 Å². The summed E-state index contributed by atoms with van der Waals surface area (Å²) in [6.45, 7) is 0.504. The summed E-state index contributed by atoms with van der Waals surface area (Å²) >= 11 is 11.8. The van der Waals surface area contributed by atoms with Crippen LogP contribution in [-0.2, 0) is 9.59 Å². The van der Waals surface area contributed by atoms with Gasteiger partial charge >= 0.3 is 5.97 Å². The van der Waals surface area contributed by atoms with Gasteiger partial charge in [0.2, 0.25) is 5.91 Å². The molecule has 1 N–H and O–H groups in total. The lowest BCUT2D eigenvalue weighted by atomic mass is 10.0. The summed E-state index contributed by atoms with van der Waals surface area (Å²) < 4.78 is 0. The van der Waals surface area contributed by atoms with Gasteiger partial charge in [0, 0.05) is 29.2 Å². The van der Waals surface area contributed by atoms with Crippen LogP contribution in [0.2, 0.25) is 10.0 Å². The van der Waals surface area contributed by atoms with Gasteiger partial charge in [0.25, 0.3) is 0 Å². The molecule has 0 bridgehead atoms. The average Bonchev–Trinajstić information content (AvgIpc) is 2.28. The van der Waals surface area contributed by atoms with Gasteiger partial charge in [0.05, 0.1) is 5.92 Å². The number of aliphatic carboxylic acids is 1. The van der Waals surface area contributed by atoms with E-state index in [1.807, 2.05) is 0 Å². The van der Waals surface area contributed by atoms with Crippen molar-refractivity contribution in [2.45, 2.75) is 0 Å². The van der Waals surface area contributed by atoms with Gasteiger partial charge in [0.15, 0.2) is 0 Å². The molecule has 6 heteroatoms. The number of carbonyl (C=O) groups excluding carboxylic acids is 1. The predicted molar refractivity (Wildman–Crippen MR) is 73.2 cm³/mol. The van der Waals surface area contributed by atoms with Crippen molar-refractivity contribution in [3.05, 3.63) is 39.9 Å². The molecule has 1 heterocycles. The van der Waals surface area contributed by atoms with Crippen LogP contribution in [0.15, 0.2) is 24.3 Å². The first-order chi connectivity index (χ1) is 8.97. The third-order valence-corrected chi connectivity index (χ3v) is 3.49. The minimum Gasteiger partial charge on any atom is -0.481 e. The zero-order valence-corrected chi connectivity index (χ0v) is 11.4. The molecule has 1 aliphatic heterocycles. The van der Waals surface area contributed by atoms with Crippen LogP contribution < -0.4 is 0 Å². The highest BCUT2D eigenvalue weighted by molar-refractivity contribution is 6.34. The summed E-state index contributed by atoms with van der Waals surface area (Å²) in [5.41, 5.74) is 0.651. The fraction of sp³-hybridized carbons (Fsp3) is 0.231. The lowest BCUT2D eigenvalue weighted by molar-refractivity contribution is -0.151. The quantitative estimate of drug-likeness (QED) is 0.873. The summed E-state index contributed by atoms with van der Waals surface area (Å²) in [5, 5.41) is 9.75. The van der Waals surface area contributed by atoms with E-state index in [0.29, 0.717) is 15.6 Å². The number of carboxylic acids is 1. The Kier molecular flexibility index (Phi) is 4.12. The Morgan fingerprint density at radius 2 is 2.00 bits per heavy atom. The third kappa shape index (κ3) is 3.28. The summed E-state index contributed by atoms with van der Waals surface area (Å²) in [7, 11) is 0. The predicted octanol–water partition coefficient (Wildman–Crippen LogP) is 2.55. The van der Waals surface area contributed by atoms with Gasteiger partial charge in [0.1, 0.15) is 0 Å². The number of hydrogen-bond acceptors (Lipinski definition) is 2. The highest BCUT2D eigenvalue weighted by atomic mass is 35.5. The smallest absolute Gasteiger partial charge is 0.310 e. The third-order valence-electron chi connectivity index (χ3n) is 2.91. The number of carboxylic acid groups (broad SMARTS) is 1. The van der Waals surface area contributed by atoms with Crippen molar-refractivity contribution in [1.29, 1.82) is 0 Å². The first-order valence-corrected chi connectivity index (χ1v) is 6.38. The zero-order valence-electron chi connectivity index (χ0n) is 9.85. The molecule has 0 radical (unpaired) electrons. The lowest BCUT2D eigenvalue weighted by Gasteiger charge is -2.35. The highest BCUT2D eigenvalue weighted by Crippen LogP contribution is 2.22. The molecule has 1 aromatic carbocycles. The molecule has 0 spiro atoms. The van der Waals surface area contributed by atoms with Crippen molar-refractivity contribution in [3.8, 4) is 0 Å². The van der Waals surface area contributed by atoms with Gasteiger partial charge < -0.3 is 10.0 Å². The molecule has 0 aliphatic carbocycles. The van der Waals surface area contributed by atoms with E-state index in [0.717, 1.165) is 0 Å². The Labute approximate surface area is 120 Å². The Hall–Kier alpha value is -1.52. The number of hydrogen-bond donors (Lipinski definition) is 1. The van der Waals surface area contributed by atoms with Crippen molar-refractivity contribution < 1.29 is 14.7 Å². The van der Waals surface area contributed by atoms with Gasteiger partial charge in [-0.05, 0) is 29.8 Å². The number of amides is 1. The van der Waals surface area contributed by atoms with E-state index in [2.05, 4.69) is 0 Å². The summed E-state index contributed by atoms with van der Waals surface area (Å²) in [6, 6.07) is 4.97. The van der Waals surface area contributed by atoms with Crippen LogP contribution in [0.4, 0.5) is 0 Å². The fourth-order valence-corrected chi connectivity index (χ4v) is 2.08. The maximum atomic E-state index is 11.7. The van der Waals surface area contributed by atoms with Crippen LogP contribution in [0.1, 0.15) is 5.56 Å². The monoisotopic (exact) mass is 299 g/mol. The molecule has 0 unspecified atom stereocenters. The zero-order chi connectivity index (χ0) is 14.0. The molecular weight excluding hydrogens is 289 g/mol. The van der Waals surface area contributed by atoms with E-state index < -0.39 is 11.9 Å². The SMILES string of the molecule is O=C(O)C1CN(C(=O)C=Cc2cc(Cl)ccc2Cl)C1.